The summed E-state index contributed by atoms with van der Waals surface area (Å²) in [5.74, 6) is -0.421. The maximum Gasteiger partial charge on any atom is 0.177 e. The minimum absolute atomic E-state index is 0.0418. The highest BCUT2D eigenvalue weighted by Crippen LogP contribution is 2.20. The molecule has 0 aliphatic heterocycles. The van der Waals surface area contributed by atoms with E-state index >= 15 is 0 Å². The number of rotatable bonds is 3. The van der Waals surface area contributed by atoms with Crippen molar-refractivity contribution in [2.45, 2.75) is 13.3 Å². The van der Waals surface area contributed by atoms with Crippen molar-refractivity contribution in [1.82, 2.24) is 0 Å². The fourth-order valence-electron chi connectivity index (χ4n) is 1.57. The zero-order chi connectivity index (χ0) is 12.4. The van der Waals surface area contributed by atoms with E-state index in [1.165, 1.54) is 23.5 Å². The molecule has 2 aromatic rings. The van der Waals surface area contributed by atoms with E-state index in [2.05, 4.69) is 0 Å². The fraction of sp³-hybridized carbons (Fsp3) is 0.154. The SMILES string of the molecule is Cc1ccsc1C(=O)Cc1ccc(F)c(Cl)c1. The standard InChI is InChI=1S/C13H10ClFOS/c1-8-4-5-17-13(8)12(16)7-9-2-3-11(15)10(14)6-9/h2-6H,7H2,1H3. The first-order chi connectivity index (χ1) is 8.08. The second kappa shape index (κ2) is 4.98. The molecule has 0 saturated heterocycles. The lowest BCUT2D eigenvalue weighted by molar-refractivity contribution is 0.0996. The molecule has 1 nitrogen and oxygen atoms in total. The van der Waals surface area contributed by atoms with Crippen molar-refractivity contribution < 1.29 is 9.18 Å². The summed E-state index contributed by atoms with van der Waals surface area (Å²) >= 11 is 7.10. The smallest absolute Gasteiger partial charge is 0.177 e. The number of ketones is 1. The minimum Gasteiger partial charge on any atom is -0.293 e. The number of Topliss-reactive ketones (excluding diaryl/α,β-unsaturated/α-hetero) is 1. The summed E-state index contributed by atoms with van der Waals surface area (Å²) in [5, 5.41) is 1.94. The third-order valence-corrected chi connectivity index (χ3v) is 3.81. The van der Waals surface area contributed by atoms with Crippen LogP contribution in [0.1, 0.15) is 20.8 Å². The van der Waals surface area contributed by atoms with E-state index in [-0.39, 0.29) is 17.2 Å². The van der Waals surface area contributed by atoms with Crippen LogP contribution in [0.2, 0.25) is 5.02 Å². The van der Waals surface area contributed by atoms with Crippen LogP contribution in [0.15, 0.2) is 29.6 Å². The molecule has 0 bridgehead atoms. The highest BCUT2D eigenvalue weighted by atomic mass is 35.5. The van der Waals surface area contributed by atoms with Gasteiger partial charge in [0.05, 0.1) is 9.90 Å². The van der Waals surface area contributed by atoms with Gasteiger partial charge in [-0.2, -0.15) is 0 Å². The second-order valence-corrected chi connectivity index (χ2v) is 5.10. The number of thiophene rings is 1. The van der Waals surface area contributed by atoms with Gasteiger partial charge in [-0.05, 0) is 41.6 Å². The first-order valence-electron chi connectivity index (χ1n) is 5.09. The third-order valence-electron chi connectivity index (χ3n) is 2.46. The van der Waals surface area contributed by atoms with Crippen LogP contribution >= 0.6 is 22.9 Å². The first-order valence-corrected chi connectivity index (χ1v) is 6.35. The van der Waals surface area contributed by atoms with Gasteiger partial charge in [0, 0.05) is 6.42 Å². The van der Waals surface area contributed by atoms with Gasteiger partial charge in [0.25, 0.3) is 0 Å². The van der Waals surface area contributed by atoms with Crippen molar-refractivity contribution in [3.8, 4) is 0 Å². The summed E-state index contributed by atoms with van der Waals surface area (Å²) in [6.07, 6.45) is 0.251. The van der Waals surface area contributed by atoms with Gasteiger partial charge in [0.2, 0.25) is 0 Å². The van der Waals surface area contributed by atoms with E-state index in [1.54, 1.807) is 6.07 Å². The van der Waals surface area contributed by atoms with Crippen molar-refractivity contribution in [3.05, 3.63) is 56.5 Å². The van der Waals surface area contributed by atoms with E-state index in [0.717, 1.165) is 16.0 Å². The molecule has 17 heavy (non-hydrogen) atoms. The van der Waals surface area contributed by atoms with Gasteiger partial charge in [0.15, 0.2) is 5.78 Å². The molecule has 0 amide bonds. The van der Waals surface area contributed by atoms with Crippen molar-refractivity contribution in [1.29, 1.82) is 0 Å². The van der Waals surface area contributed by atoms with Gasteiger partial charge in [-0.15, -0.1) is 11.3 Å². The highest BCUT2D eigenvalue weighted by Gasteiger charge is 2.12. The Morgan fingerprint density at radius 3 is 2.76 bits per heavy atom. The minimum atomic E-state index is -0.463. The predicted octanol–water partition coefficient (Wildman–Crippen LogP) is 4.27. The summed E-state index contributed by atoms with van der Waals surface area (Å²) in [5.41, 5.74) is 1.71. The summed E-state index contributed by atoms with van der Waals surface area (Å²) in [6.45, 7) is 1.90. The highest BCUT2D eigenvalue weighted by molar-refractivity contribution is 7.12. The van der Waals surface area contributed by atoms with Crippen LogP contribution in [0, 0.1) is 12.7 Å². The second-order valence-electron chi connectivity index (χ2n) is 3.78. The molecule has 0 aliphatic carbocycles. The van der Waals surface area contributed by atoms with E-state index < -0.39 is 5.82 Å². The normalized spacial score (nSPS) is 10.5. The zero-order valence-electron chi connectivity index (χ0n) is 9.17. The molecule has 2 rings (SSSR count). The topological polar surface area (TPSA) is 17.1 Å². The van der Waals surface area contributed by atoms with Gasteiger partial charge in [-0.3, -0.25) is 4.79 Å². The molecule has 0 spiro atoms. The van der Waals surface area contributed by atoms with Crippen molar-refractivity contribution >= 4 is 28.7 Å². The zero-order valence-corrected chi connectivity index (χ0v) is 10.7. The molecule has 0 aliphatic rings. The van der Waals surface area contributed by atoms with Crippen LogP contribution < -0.4 is 0 Å². The molecule has 0 unspecified atom stereocenters. The number of hydrogen-bond acceptors (Lipinski definition) is 2. The van der Waals surface area contributed by atoms with E-state index in [0.29, 0.717) is 0 Å². The summed E-state index contributed by atoms with van der Waals surface area (Å²) in [7, 11) is 0. The number of benzene rings is 1. The van der Waals surface area contributed by atoms with E-state index in [9.17, 15) is 9.18 Å². The molecule has 88 valence electrons. The van der Waals surface area contributed by atoms with Crippen LogP contribution in [-0.2, 0) is 6.42 Å². The fourth-order valence-corrected chi connectivity index (χ4v) is 2.64. The molecule has 1 aromatic carbocycles. The van der Waals surface area contributed by atoms with Crippen LogP contribution in [0.5, 0.6) is 0 Å². The summed E-state index contributed by atoms with van der Waals surface area (Å²) < 4.78 is 13.0. The van der Waals surface area contributed by atoms with Gasteiger partial charge < -0.3 is 0 Å². The lowest BCUT2D eigenvalue weighted by Gasteiger charge is -2.02. The Morgan fingerprint density at radius 2 is 2.18 bits per heavy atom. The lowest BCUT2D eigenvalue weighted by atomic mass is 10.1. The van der Waals surface area contributed by atoms with Crippen LogP contribution in [-0.4, -0.2) is 5.78 Å². The average molecular weight is 269 g/mol. The molecule has 4 heteroatoms. The maximum absolute atomic E-state index is 13.0. The molecule has 1 aromatic heterocycles. The Balaban J connectivity index is 2.19. The summed E-state index contributed by atoms with van der Waals surface area (Å²) in [4.78, 5) is 12.7. The van der Waals surface area contributed by atoms with Crippen LogP contribution in [0.3, 0.4) is 0 Å². The van der Waals surface area contributed by atoms with Gasteiger partial charge in [-0.25, -0.2) is 4.39 Å². The first kappa shape index (κ1) is 12.3. The number of halogens is 2. The Morgan fingerprint density at radius 1 is 1.41 bits per heavy atom. The van der Waals surface area contributed by atoms with Crippen molar-refractivity contribution in [2.75, 3.05) is 0 Å². The summed E-state index contributed by atoms with van der Waals surface area (Å²) in [6, 6.07) is 6.28. The number of aryl methyl sites for hydroxylation is 1. The van der Waals surface area contributed by atoms with E-state index in [4.69, 9.17) is 11.6 Å². The monoisotopic (exact) mass is 268 g/mol. The van der Waals surface area contributed by atoms with Gasteiger partial charge in [0.1, 0.15) is 5.82 Å². The van der Waals surface area contributed by atoms with Gasteiger partial charge in [-0.1, -0.05) is 17.7 Å². The quantitative estimate of drug-likeness (QED) is 0.760. The molecular weight excluding hydrogens is 259 g/mol. The Kier molecular flexibility index (Phi) is 3.60. The molecule has 0 fully saturated rings. The average Bonchev–Trinajstić information content (AvgIpc) is 2.70. The lowest BCUT2D eigenvalue weighted by Crippen LogP contribution is -2.02. The molecule has 0 atom stereocenters. The number of hydrogen-bond donors (Lipinski definition) is 0. The number of carbonyl (C=O) groups excluding carboxylic acids is 1. The van der Waals surface area contributed by atoms with Crippen molar-refractivity contribution in [2.24, 2.45) is 0 Å². The molecule has 0 saturated carbocycles. The maximum atomic E-state index is 13.0. The number of carbonyl (C=O) groups is 1. The van der Waals surface area contributed by atoms with Gasteiger partial charge >= 0.3 is 0 Å². The Hall–Kier alpha value is -1.19. The van der Waals surface area contributed by atoms with Crippen molar-refractivity contribution in [3.63, 3.8) is 0 Å². The largest absolute Gasteiger partial charge is 0.293 e. The predicted molar refractivity (Wildman–Crippen MR) is 68.5 cm³/mol. The molecular formula is C13H10ClFOS. The molecule has 0 N–H and O–H groups in total. The van der Waals surface area contributed by atoms with Crippen LogP contribution in [0.4, 0.5) is 4.39 Å². The Labute approximate surface area is 108 Å². The Bertz CT molecular complexity index is 562. The van der Waals surface area contributed by atoms with E-state index in [1.807, 2.05) is 18.4 Å². The van der Waals surface area contributed by atoms with Crippen LogP contribution in [0.25, 0.3) is 0 Å². The molecule has 1 heterocycles. The molecule has 0 radical (unpaired) electrons. The third kappa shape index (κ3) is 2.73.